The molecule has 0 aliphatic heterocycles. The predicted molar refractivity (Wildman–Crippen MR) is 91.9 cm³/mol. The third kappa shape index (κ3) is 2.56. The Kier molecular flexibility index (Phi) is 3.72. The van der Waals surface area contributed by atoms with Crippen molar-refractivity contribution >= 4 is 32.7 Å². The van der Waals surface area contributed by atoms with Gasteiger partial charge in [-0.15, -0.1) is 0 Å². The van der Waals surface area contributed by atoms with Gasteiger partial charge in [0, 0.05) is 16.6 Å². The summed E-state index contributed by atoms with van der Waals surface area (Å²) >= 11 is 3.66. The number of aromatic nitrogens is 2. The Bertz CT molecular complexity index is 805. The summed E-state index contributed by atoms with van der Waals surface area (Å²) in [5, 5.41) is 0. The van der Waals surface area contributed by atoms with Crippen molar-refractivity contribution in [3.8, 4) is 5.69 Å². The molecule has 1 aromatic heterocycles. The van der Waals surface area contributed by atoms with Gasteiger partial charge in [-0.25, -0.2) is 4.98 Å². The van der Waals surface area contributed by atoms with Crippen molar-refractivity contribution in [1.82, 2.24) is 9.55 Å². The molecule has 2 aromatic carbocycles. The molecule has 1 heterocycles. The van der Waals surface area contributed by atoms with E-state index in [1.165, 1.54) is 5.56 Å². The van der Waals surface area contributed by atoms with E-state index in [1.54, 1.807) is 0 Å². The van der Waals surface area contributed by atoms with E-state index < -0.39 is 0 Å². The number of imidazole rings is 1. The third-order valence-corrected chi connectivity index (χ3v) is 4.23. The molecule has 3 aromatic rings. The van der Waals surface area contributed by atoms with Crippen molar-refractivity contribution in [3.63, 3.8) is 0 Å². The van der Waals surface area contributed by atoms with Crippen molar-refractivity contribution in [3.05, 3.63) is 52.3 Å². The van der Waals surface area contributed by atoms with Gasteiger partial charge in [-0.2, -0.15) is 0 Å². The van der Waals surface area contributed by atoms with Gasteiger partial charge < -0.3 is 5.73 Å². The molecule has 0 unspecified atom stereocenters. The second kappa shape index (κ2) is 5.53. The monoisotopic (exact) mass is 343 g/mol. The molecule has 3 rings (SSSR count). The number of benzene rings is 2. The summed E-state index contributed by atoms with van der Waals surface area (Å²) in [6, 6.07) is 12.3. The van der Waals surface area contributed by atoms with Crippen LogP contribution in [0.15, 0.2) is 40.9 Å². The summed E-state index contributed by atoms with van der Waals surface area (Å²) in [4.78, 5) is 4.77. The third-order valence-electron chi connectivity index (χ3n) is 3.56. The minimum Gasteiger partial charge on any atom is -0.399 e. The van der Waals surface area contributed by atoms with Crippen molar-refractivity contribution in [2.24, 2.45) is 0 Å². The van der Waals surface area contributed by atoms with Gasteiger partial charge in [-0.1, -0.05) is 13.0 Å². The van der Waals surface area contributed by atoms with Crippen LogP contribution in [0.1, 0.15) is 24.7 Å². The second-order valence-electron chi connectivity index (χ2n) is 5.32. The average molecular weight is 344 g/mol. The van der Waals surface area contributed by atoms with E-state index >= 15 is 0 Å². The number of nitrogens with two attached hydrogens (primary N) is 1. The minimum atomic E-state index is 0.749. The standard InChI is InChI=1S/C17H18BrN3/c1-3-4-17-20-14-10-12(19)6-8-15(14)21(17)16-9-11(2)5-7-13(16)18/h5-10H,3-4,19H2,1-2H3. The molecule has 0 saturated heterocycles. The van der Waals surface area contributed by atoms with Crippen molar-refractivity contribution in [2.75, 3.05) is 5.73 Å². The van der Waals surface area contributed by atoms with Gasteiger partial charge in [0.05, 0.1) is 16.7 Å². The molecule has 0 aliphatic carbocycles. The molecule has 0 atom stereocenters. The Labute approximate surface area is 132 Å². The predicted octanol–water partition coefficient (Wildman–Crippen LogP) is 4.63. The first-order valence-electron chi connectivity index (χ1n) is 7.13. The number of hydrogen-bond acceptors (Lipinski definition) is 2. The molecule has 3 nitrogen and oxygen atoms in total. The number of rotatable bonds is 3. The first-order chi connectivity index (χ1) is 10.1. The molecule has 0 amide bonds. The first kappa shape index (κ1) is 14.1. The molecular weight excluding hydrogens is 326 g/mol. The van der Waals surface area contributed by atoms with Crippen LogP contribution >= 0.6 is 15.9 Å². The van der Waals surface area contributed by atoms with Crippen LogP contribution in [0.3, 0.4) is 0 Å². The zero-order chi connectivity index (χ0) is 15.0. The van der Waals surface area contributed by atoms with Gasteiger partial charge in [-0.3, -0.25) is 4.57 Å². The lowest BCUT2D eigenvalue weighted by molar-refractivity contribution is 0.817. The van der Waals surface area contributed by atoms with Gasteiger partial charge in [0.15, 0.2) is 0 Å². The maximum absolute atomic E-state index is 5.89. The minimum absolute atomic E-state index is 0.749. The molecule has 108 valence electrons. The number of nitrogen functional groups attached to an aromatic ring is 1. The number of halogens is 1. The highest BCUT2D eigenvalue weighted by Crippen LogP contribution is 2.29. The highest BCUT2D eigenvalue weighted by molar-refractivity contribution is 9.10. The van der Waals surface area contributed by atoms with Gasteiger partial charge in [0.25, 0.3) is 0 Å². The van der Waals surface area contributed by atoms with E-state index in [4.69, 9.17) is 10.7 Å². The Hall–Kier alpha value is -1.81. The smallest absolute Gasteiger partial charge is 0.114 e. The quantitative estimate of drug-likeness (QED) is 0.704. The first-order valence-corrected chi connectivity index (χ1v) is 7.93. The molecule has 0 saturated carbocycles. The van der Waals surface area contributed by atoms with Crippen LogP contribution in [-0.4, -0.2) is 9.55 Å². The fraction of sp³-hybridized carbons (Fsp3) is 0.235. The Balaban J connectivity index is 2.33. The van der Waals surface area contributed by atoms with Gasteiger partial charge >= 0.3 is 0 Å². The Morgan fingerprint density at radius 2 is 2.00 bits per heavy atom. The lowest BCUT2D eigenvalue weighted by Gasteiger charge is -2.12. The molecular formula is C17H18BrN3. The van der Waals surface area contributed by atoms with E-state index in [1.807, 2.05) is 18.2 Å². The highest BCUT2D eigenvalue weighted by atomic mass is 79.9. The van der Waals surface area contributed by atoms with Gasteiger partial charge in [-0.05, 0) is 65.2 Å². The molecule has 0 radical (unpaired) electrons. The van der Waals surface area contributed by atoms with Crippen LogP contribution < -0.4 is 5.73 Å². The van der Waals surface area contributed by atoms with Crippen molar-refractivity contribution in [1.29, 1.82) is 0 Å². The van der Waals surface area contributed by atoms with Gasteiger partial charge in [0.2, 0.25) is 0 Å². The van der Waals surface area contributed by atoms with Crippen LogP contribution in [0.2, 0.25) is 0 Å². The van der Waals surface area contributed by atoms with E-state index in [0.717, 1.165) is 45.5 Å². The largest absolute Gasteiger partial charge is 0.399 e. The topological polar surface area (TPSA) is 43.8 Å². The number of nitrogens with zero attached hydrogens (tertiary/aromatic N) is 2. The maximum Gasteiger partial charge on any atom is 0.114 e. The number of fused-ring (bicyclic) bond motifs is 1. The molecule has 4 heteroatoms. The summed E-state index contributed by atoms with van der Waals surface area (Å²) in [6.07, 6.45) is 2.00. The SMILES string of the molecule is CCCc1nc2cc(N)ccc2n1-c1cc(C)ccc1Br. The van der Waals surface area contributed by atoms with E-state index in [-0.39, 0.29) is 0 Å². The van der Waals surface area contributed by atoms with E-state index in [2.05, 4.69) is 52.5 Å². The number of aryl methyl sites for hydroxylation is 2. The second-order valence-corrected chi connectivity index (χ2v) is 6.17. The number of hydrogen-bond donors (Lipinski definition) is 1. The van der Waals surface area contributed by atoms with Crippen LogP contribution in [0.4, 0.5) is 5.69 Å². The maximum atomic E-state index is 5.89. The molecule has 0 bridgehead atoms. The fourth-order valence-electron chi connectivity index (χ4n) is 2.60. The van der Waals surface area contributed by atoms with E-state index in [9.17, 15) is 0 Å². The van der Waals surface area contributed by atoms with Crippen LogP contribution in [0.25, 0.3) is 16.7 Å². The summed E-state index contributed by atoms with van der Waals surface area (Å²) in [6.45, 7) is 4.27. The molecule has 0 fully saturated rings. The van der Waals surface area contributed by atoms with E-state index in [0.29, 0.717) is 0 Å². The van der Waals surface area contributed by atoms with Crippen LogP contribution in [0.5, 0.6) is 0 Å². The zero-order valence-electron chi connectivity index (χ0n) is 12.2. The lowest BCUT2D eigenvalue weighted by atomic mass is 10.2. The van der Waals surface area contributed by atoms with Crippen molar-refractivity contribution < 1.29 is 0 Å². The Morgan fingerprint density at radius 3 is 2.76 bits per heavy atom. The van der Waals surface area contributed by atoms with Crippen molar-refractivity contribution in [2.45, 2.75) is 26.7 Å². The summed E-state index contributed by atoms with van der Waals surface area (Å²) in [7, 11) is 0. The van der Waals surface area contributed by atoms with Gasteiger partial charge in [0.1, 0.15) is 5.82 Å². The van der Waals surface area contributed by atoms with Crippen LogP contribution in [-0.2, 0) is 6.42 Å². The molecule has 21 heavy (non-hydrogen) atoms. The summed E-state index contributed by atoms with van der Waals surface area (Å²) in [5.74, 6) is 1.07. The number of anilines is 1. The molecule has 0 aliphatic rings. The highest BCUT2D eigenvalue weighted by Gasteiger charge is 2.14. The van der Waals surface area contributed by atoms with Crippen LogP contribution in [0, 0.1) is 6.92 Å². The normalized spacial score (nSPS) is 11.2. The molecule has 2 N–H and O–H groups in total. The zero-order valence-corrected chi connectivity index (χ0v) is 13.8. The Morgan fingerprint density at radius 1 is 1.19 bits per heavy atom. The average Bonchev–Trinajstić information content (AvgIpc) is 2.79. The fourth-order valence-corrected chi connectivity index (χ4v) is 3.03. The molecule has 0 spiro atoms. The summed E-state index contributed by atoms with van der Waals surface area (Å²) < 4.78 is 3.30. The summed E-state index contributed by atoms with van der Waals surface area (Å²) in [5.41, 5.74) is 11.0. The lowest BCUT2D eigenvalue weighted by Crippen LogP contribution is -2.02.